The van der Waals surface area contributed by atoms with E-state index in [9.17, 15) is 13.6 Å². The lowest BCUT2D eigenvalue weighted by atomic mass is 10.2. The van der Waals surface area contributed by atoms with E-state index in [1.807, 2.05) is 0 Å². The first-order chi connectivity index (χ1) is 8.35. The second-order valence-electron chi connectivity index (χ2n) is 3.97. The minimum Gasteiger partial charge on any atom is -0.481 e. The van der Waals surface area contributed by atoms with Crippen LogP contribution in [0.4, 0.5) is 14.5 Å². The normalized spacial score (nSPS) is 17.3. The molecule has 0 fully saturated rings. The summed E-state index contributed by atoms with van der Waals surface area (Å²) in [5.74, 6) is -1.06. The highest BCUT2D eigenvalue weighted by molar-refractivity contribution is 5.68. The van der Waals surface area contributed by atoms with E-state index in [1.54, 1.807) is 6.92 Å². The van der Waals surface area contributed by atoms with E-state index in [-0.39, 0.29) is 24.0 Å². The number of hydrogen-bond donors (Lipinski definition) is 2. The predicted octanol–water partition coefficient (Wildman–Crippen LogP) is 2.28. The maximum absolute atomic E-state index is 12.8. The van der Waals surface area contributed by atoms with Crippen molar-refractivity contribution >= 4 is 11.7 Å². The lowest BCUT2D eigenvalue weighted by Gasteiger charge is -2.13. The molecule has 5 nitrogen and oxygen atoms in total. The number of rotatable bonds is 4. The third-order valence-electron chi connectivity index (χ3n) is 2.30. The number of halogens is 2. The van der Waals surface area contributed by atoms with Crippen LogP contribution in [0.15, 0.2) is 18.2 Å². The van der Waals surface area contributed by atoms with Crippen LogP contribution in [0.2, 0.25) is 0 Å². The van der Waals surface area contributed by atoms with E-state index in [0.29, 0.717) is 5.69 Å². The molecule has 1 aromatic rings. The van der Waals surface area contributed by atoms with Crippen molar-refractivity contribution in [2.24, 2.45) is 0 Å². The summed E-state index contributed by atoms with van der Waals surface area (Å²) in [6.45, 7) is 1.67. The van der Waals surface area contributed by atoms with Crippen molar-refractivity contribution in [1.29, 1.82) is 0 Å². The molecular weight excluding hydrogens is 248 g/mol. The van der Waals surface area contributed by atoms with Crippen LogP contribution in [0.3, 0.4) is 0 Å². The summed E-state index contributed by atoms with van der Waals surface area (Å²) < 4.78 is 34.0. The fourth-order valence-corrected chi connectivity index (χ4v) is 1.64. The van der Waals surface area contributed by atoms with Gasteiger partial charge >= 0.3 is 12.3 Å². The Kier molecular flexibility index (Phi) is 2.98. The summed E-state index contributed by atoms with van der Waals surface area (Å²) in [6.07, 6.45) is -3.72. The van der Waals surface area contributed by atoms with Crippen LogP contribution >= 0.6 is 0 Å². The number of fused-ring (bicyclic) bond motifs is 1. The van der Waals surface area contributed by atoms with Crippen molar-refractivity contribution in [2.45, 2.75) is 25.7 Å². The first kappa shape index (κ1) is 12.4. The molecule has 0 amide bonds. The Morgan fingerprint density at radius 3 is 2.78 bits per heavy atom. The number of carboxylic acid groups (broad SMARTS) is 1. The maximum atomic E-state index is 12.8. The van der Waals surface area contributed by atoms with Gasteiger partial charge in [-0.3, -0.25) is 4.79 Å². The van der Waals surface area contributed by atoms with Crippen molar-refractivity contribution in [3.05, 3.63) is 18.2 Å². The van der Waals surface area contributed by atoms with Gasteiger partial charge in [0.05, 0.1) is 6.42 Å². The van der Waals surface area contributed by atoms with Crippen LogP contribution in [0, 0.1) is 0 Å². The van der Waals surface area contributed by atoms with Crippen molar-refractivity contribution in [2.75, 3.05) is 5.32 Å². The third kappa shape index (κ3) is 2.79. The van der Waals surface area contributed by atoms with Gasteiger partial charge in [-0.15, -0.1) is 8.78 Å². The molecule has 7 heteroatoms. The van der Waals surface area contributed by atoms with E-state index in [1.165, 1.54) is 18.2 Å². The number of anilines is 1. The zero-order chi connectivity index (χ0) is 13.3. The van der Waals surface area contributed by atoms with Crippen molar-refractivity contribution in [1.82, 2.24) is 0 Å². The van der Waals surface area contributed by atoms with Gasteiger partial charge in [0.15, 0.2) is 11.5 Å². The quantitative estimate of drug-likeness (QED) is 0.868. The average Bonchev–Trinajstić information content (AvgIpc) is 2.49. The molecule has 1 heterocycles. The van der Waals surface area contributed by atoms with Gasteiger partial charge < -0.3 is 19.9 Å². The van der Waals surface area contributed by atoms with Crippen LogP contribution in [-0.4, -0.2) is 23.4 Å². The Hall–Kier alpha value is -2.05. The van der Waals surface area contributed by atoms with Gasteiger partial charge in [-0.1, -0.05) is 0 Å². The van der Waals surface area contributed by atoms with Gasteiger partial charge in [0.25, 0.3) is 0 Å². The SMILES string of the molecule is CC(CC(=O)O)Nc1ccc2c(c1)OC(F)(F)O2. The molecule has 0 radical (unpaired) electrons. The summed E-state index contributed by atoms with van der Waals surface area (Å²) in [7, 11) is 0. The fraction of sp³-hybridized carbons (Fsp3) is 0.364. The Balaban J connectivity index is 2.07. The highest BCUT2D eigenvalue weighted by atomic mass is 19.3. The van der Waals surface area contributed by atoms with Gasteiger partial charge in [0.2, 0.25) is 0 Å². The molecule has 0 saturated carbocycles. The smallest absolute Gasteiger partial charge is 0.481 e. The molecule has 0 aromatic heterocycles. The molecule has 0 bridgehead atoms. The van der Waals surface area contributed by atoms with Crippen molar-refractivity contribution < 1.29 is 28.2 Å². The van der Waals surface area contributed by atoms with Crippen LogP contribution in [0.1, 0.15) is 13.3 Å². The molecular formula is C11H11F2NO4. The first-order valence-corrected chi connectivity index (χ1v) is 5.24. The van der Waals surface area contributed by atoms with Crippen molar-refractivity contribution in [3.8, 4) is 11.5 Å². The maximum Gasteiger partial charge on any atom is 0.586 e. The molecule has 18 heavy (non-hydrogen) atoms. The number of alkyl halides is 2. The predicted molar refractivity (Wildman–Crippen MR) is 58.0 cm³/mol. The largest absolute Gasteiger partial charge is 0.586 e. The van der Waals surface area contributed by atoms with Gasteiger partial charge in [-0.25, -0.2) is 0 Å². The van der Waals surface area contributed by atoms with Gasteiger partial charge in [-0.2, -0.15) is 0 Å². The Morgan fingerprint density at radius 1 is 1.44 bits per heavy atom. The average molecular weight is 259 g/mol. The number of nitrogens with one attached hydrogen (secondary N) is 1. The second-order valence-corrected chi connectivity index (χ2v) is 3.97. The van der Waals surface area contributed by atoms with E-state index in [4.69, 9.17) is 5.11 Å². The lowest BCUT2D eigenvalue weighted by Crippen LogP contribution is -2.25. The van der Waals surface area contributed by atoms with Crippen LogP contribution in [0.5, 0.6) is 11.5 Å². The minimum atomic E-state index is -3.65. The Morgan fingerprint density at radius 2 is 2.11 bits per heavy atom. The number of aliphatic carboxylic acids is 1. The third-order valence-corrected chi connectivity index (χ3v) is 2.30. The summed E-state index contributed by atoms with van der Waals surface area (Å²) in [5.41, 5.74) is 0.490. The van der Waals surface area contributed by atoms with Crippen LogP contribution < -0.4 is 14.8 Å². The van der Waals surface area contributed by atoms with E-state index >= 15 is 0 Å². The standard InChI is InChI=1S/C11H11F2NO4/c1-6(4-10(15)16)14-7-2-3-8-9(5-7)18-11(12,13)17-8/h2-3,5-6,14H,4H2,1H3,(H,15,16). The number of carboxylic acids is 1. The van der Waals surface area contributed by atoms with Gasteiger partial charge in [0, 0.05) is 17.8 Å². The molecule has 1 aliphatic heterocycles. The van der Waals surface area contributed by atoms with E-state index in [0.717, 1.165) is 0 Å². The first-order valence-electron chi connectivity index (χ1n) is 5.24. The zero-order valence-corrected chi connectivity index (χ0v) is 9.44. The molecule has 1 aliphatic rings. The fourth-order valence-electron chi connectivity index (χ4n) is 1.64. The summed E-state index contributed by atoms with van der Waals surface area (Å²) >= 11 is 0. The van der Waals surface area contributed by atoms with Gasteiger partial charge in [-0.05, 0) is 19.1 Å². The Labute approximate surface area is 101 Å². The molecule has 0 spiro atoms. The molecule has 2 rings (SSSR count). The topological polar surface area (TPSA) is 67.8 Å². The van der Waals surface area contributed by atoms with Crippen molar-refractivity contribution in [3.63, 3.8) is 0 Å². The van der Waals surface area contributed by atoms with Crippen LogP contribution in [0.25, 0.3) is 0 Å². The molecule has 0 aliphatic carbocycles. The zero-order valence-electron chi connectivity index (χ0n) is 9.44. The molecule has 1 atom stereocenters. The van der Waals surface area contributed by atoms with E-state index < -0.39 is 12.3 Å². The monoisotopic (exact) mass is 259 g/mol. The molecule has 2 N–H and O–H groups in total. The van der Waals surface area contributed by atoms with E-state index in [2.05, 4.69) is 14.8 Å². The highest BCUT2D eigenvalue weighted by Crippen LogP contribution is 2.42. The van der Waals surface area contributed by atoms with Gasteiger partial charge in [0.1, 0.15) is 0 Å². The second kappa shape index (κ2) is 4.32. The highest BCUT2D eigenvalue weighted by Gasteiger charge is 2.43. The minimum absolute atomic E-state index is 0.0450. The number of carbonyl (C=O) groups is 1. The molecule has 1 unspecified atom stereocenters. The Bertz CT molecular complexity index is 478. The summed E-state index contributed by atoms with van der Waals surface area (Å²) in [6, 6.07) is 3.87. The lowest BCUT2D eigenvalue weighted by molar-refractivity contribution is -0.286. The summed E-state index contributed by atoms with van der Waals surface area (Å²) in [5, 5.41) is 11.5. The molecule has 0 saturated heterocycles. The number of ether oxygens (including phenoxy) is 2. The number of benzene rings is 1. The number of hydrogen-bond acceptors (Lipinski definition) is 4. The molecule has 1 aromatic carbocycles. The molecule has 98 valence electrons. The van der Waals surface area contributed by atoms with Crippen LogP contribution in [-0.2, 0) is 4.79 Å². The summed E-state index contributed by atoms with van der Waals surface area (Å²) in [4.78, 5) is 10.5.